The SMILES string of the molecule is CNC(=O)c1ccc(OC)c(N)c1.Nc1c(O)c(C(=O)Nc2cccc(Cl)c2)cc2ccccc12. The summed E-state index contributed by atoms with van der Waals surface area (Å²) in [5, 5.41) is 17.4. The van der Waals surface area contributed by atoms with Crippen LogP contribution < -0.4 is 26.8 Å². The Morgan fingerprint density at radius 3 is 2.34 bits per heavy atom. The minimum Gasteiger partial charge on any atom is -0.505 e. The van der Waals surface area contributed by atoms with E-state index in [1.165, 1.54) is 7.11 Å². The van der Waals surface area contributed by atoms with Gasteiger partial charge in [0.05, 0.1) is 24.0 Å². The van der Waals surface area contributed by atoms with Gasteiger partial charge >= 0.3 is 0 Å². The number of nitrogens with two attached hydrogens (primary N) is 2. The van der Waals surface area contributed by atoms with Gasteiger partial charge in [-0.15, -0.1) is 0 Å². The zero-order valence-corrected chi connectivity index (χ0v) is 19.9. The Morgan fingerprint density at radius 2 is 1.69 bits per heavy atom. The molecular formula is C26H25ClN4O4. The molecule has 0 unspecified atom stereocenters. The van der Waals surface area contributed by atoms with Crippen LogP contribution in [0, 0.1) is 0 Å². The van der Waals surface area contributed by atoms with Crippen LogP contribution in [0.1, 0.15) is 20.7 Å². The number of phenolic OH excluding ortho intramolecular Hbond substituents is 1. The van der Waals surface area contributed by atoms with Gasteiger partial charge in [-0.05, 0) is 47.9 Å². The molecule has 2 amide bonds. The van der Waals surface area contributed by atoms with Gasteiger partial charge in [-0.1, -0.05) is 41.9 Å². The van der Waals surface area contributed by atoms with E-state index in [2.05, 4.69) is 10.6 Å². The highest BCUT2D eigenvalue weighted by molar-refractivity contribution is 6.31. The first kappa shape index (κ1) is 25.2. The van der Waals surface area contributed by atoms with Crippen molar-refractivity contribution in [3.05, 3.63) is 88.9 Å². The predicted octanol–water partition coefficient (Wildman–Crippen LogP) is 4.67. The Balaban J connectivity index is 0.000000225. The standard InChI is InChI=1S/C17H13ClN2O2.C9H12N2O2/c18-11-5-3-6-12(9-11)20-17(22)14-8-10-4-1-2-7-13(10)15(19)16(14)21;1-11-9(12)6-3-4-8(13-2)7(10)5-6/h1-9,21H,19H2,(H,20,22);3-5H,10H2,1-2H3,(H,11,12). The van der Waals surface area contributed by atoms with Gasteiger partial charge in [-0.3, -0.25) is 9.59 Å². The van der Waals surface area contributed by atoms with Crippen molar-refractivity contribution in [3.8, 4) is 11.5 Å². The summed E-state index contributed by atoms with van der Waals surface area (Å²) in [6, 6.07) is 20.6. The third-order valence-electron chi connectivity index (χ3n) is 5.11. The quantitative estimate of drug-likeness (QED) is 0.207. The molecule has 0 saturated carbocycles. The molecule has 4 aromatic carbocycles. The largest absolute Gasteiger partial charge is 0.505 e. The Kier molecular flexibility index (Phi) is 8.01. The number of rotatable bonds is 4. The molecule has 0 saturated heterocycles. The van der Waals surface area contributed by atoms with E-state index in [4.69, 9.17) is 27.8 Å². The minimum absolute atomic E-state index is 0.121. The van der Waals surface area contributed by atoms with Crippen LogP contribution in [0.15, 0.2) is 72.8 Å². The Bertz CT molecular complexity index is 1390. The second-order valence-corrected chi connectivity index (χ2v) is 7.84. The van der Waals surface area contributed by atoms with E-state index in [0.29, 0.717) is 33.1 Å². The summed E-state index contributed by atoms with van der Waals surface area (Å²) in [4.78, 5) is 23.5. The summed E-state index contributed by atoms with van der Waals surface area (Å²) in [5.74, 6) is -0.252. The molecule has 0 aliphatic rings. The monoisotopic (exact) mass is 492 g/mol. The van der Waals surface area contributed by atoms with Gasteiger partial charge < -0.3 is 31.9 Å². The maximum Gasteiger partial charge on any atom is 0.259 e. The molecule has 0 spiro atoms. The number of benzene rings is 4. The van der Waals surface area contributed by atoms with Crippen molar-refractivity contribution in [2.75, 3.05) is 30.9 Å². The van der Waals surface area contributed by atoms with Crippen molar-refractivity contribution in [2.45, 2.75) is 0 Å². The molecule has 0 aliphatic heterocycles. The fraction of sp³-hybridized carbons (Fsp3) is 0.0769. The average molecular weight is 493 g/mol. The predicted molar refractivity (Wildman–Crippen MR) is 140 cm³/mol. The second kappa shape index (κ2) is 11.1. The molecule has 8 nitrogen and oxygen atoms in total. The summed E-state index contributed by atoms with van der Waals surface area (Å²) in [7, 11) is 3.11. The van der Waals surface area contributed by atoms with Crippen molar-refractivity contribution in [1.82, 2.24) is 5.32 Å². The van der Waals surface area contributed by atoms with Gasteiger partial charge in [-0.2, -0.15) is 0 Å². The van der Waals surface area contributed by atoms with Crippen molar-refractivity contribution >= 4 is 51.2 Å². The number of hydrogen-bond acceptors (Lipinski definition) is 6. The number of hydrogen-bond donors (Lipinski definition) is 5. The summed E-state index contributed by atoms with van der Waals surface area (Å²) < 4.78 is 4.96. The fourth-order valence-corrected chi connectivity index (χ4v) is 3.51. The lowest BCUT2D eigenvalue weighted by Crippen LogP contribution is -2.17. The molecule has 0 aliphatic carbocycles. The summed E-state index contributed by atoms with van der Waals surface area (Å²) in [6.45, 7) is 0. The molecule has 35 heavy (non-hydrogen) atoms. The van der Waals surface area contributed by atoms with Gasteiger partial charge in [0.1, 0.15) is 5.75 Å². The molecule has 4 rings (SSSR count). The number of carbonyl (C=O) groups is 2. The first-order valence-corrected chi connectivity index (χ1v) is 10.9. The van der Waals surface area contributed by atoms with Crippen molar-refractivity contribution in [3.63, 3.8) is 0 Å². The van der Waals surface area contributed by atoms with E-state index in [9.17, 15) is 14.7 Å². The minimum atomic E-state index is -0.447. The molecule has 0 bridgehead atoms. The van der Waals surface area contributed by atoms with Crippen LogP contribution in [-0.4, -0.2) is 31.1 Å². The average Bonchev–Trinajstić information content (AvgIpc) is 2.86. The topological polar surface area (TPSA) is 140 Å². The van der Waals surface area contributed by atoms with E-state index in [0.717, 1.165) is 5.39 Å². The smallest absolute Gasteiger partial charge is 0.259 e. The highest BCUT2D eigenvalue weighted by Gasteiger charge is 2.16. The number of nitrogens with one attached hydrogen (secondary N) is 2. The molecule has 0 heterocycles. The lowest BCUT2D eigenvalue weighted by molar-refractivity contribution is 0.0962. The molecule has 180 valence electrons. The molecule has 0 fully saturated rings. The van der Waals surface area contributed by atoms with Gasteiger partial charge in [0, 0.05) is 28.7 Å². The fourth-order valence-electron chi connectivity index (χ4n) is 3.32. The number of aromatic hydroxyl groups is 1. The van der Waals surface area contributed by atoms with E-state index in [-0.39, 0.29) is 22.9 Å². The van der Waals surface area contributed by atoms with Crippen molar-refractivity contribution in [2.24, 2.45) is 0 Å². The maximum absolute atomic E-state index is 12.4. The van der Waals surface area contributed by atoms with Gasteiger partial charge in [-0.25, -0.2) is 0 Å². The number of ether oxygens (including phenoxy) is 1. The number of carbonyl (C=O) groups excluding carboxylic acids is 2. The third kappa shape index (κ3) is 5.93. The first-order valence-electron chi connectivity index (χ1n) is 10.5. The molecule has 4 aromatic rings. The molecule has 0 atom stereocenters. The van der Waals surface area contributed by atoms with Crippen LogP contribution >= 0.6 is 11.6 Å². The van der Waals surface area contributed by atoms with Crippen LogP contribution in [0.25, 0.3) is 10.8 Å². The summed E-state index contributed by atoms with van der Waals surface area (Å²) in [6.07, 6.45) is 0. The number of amides is 2. The van der Waals surface area contributed by atoms with Gasteiger partial charge in [0.25, 0.3) is 11.8 Å². The summed E-state index contributed by atoms with van der Waals surface area (Å²) >= 11 is 5.89. The van der Waals surface area contributed by atoms with E-state index >= 15 is 0 Å². The zero-order valence-electron chi connectivity index (χ0n) is 19.1. The van der Waals surface area contributed by atoms with Crippen molar-refractivity contribution in [1.29, 1.82) is 0 Å². The van der Waals surface area contributed by atoms with Crippen LogP contribution in [0.3, 0.4) is 0 Å². The van der Waals surface area contributed by atoms with Crippen LogP contribution in [0.5, 0.6) is 11.5 Å². The third-order valence-corrected chi connectivity index (χ3v) is 5.34. The number of fused-ring (bicyclic) bond motifs is 1. The molecular weight excluding hydrogens is 468 g/mol. The zero-order chi connectivity index (χ0) is 25.5. The second-order valence-electron chi connectivity index (χ2n) is 7.41. The van der Waals surface area contributed by atoms with Crippen molar-refractivity contribution < 1.29 is 19.4 Å². The van der Waals surface area contributed by atoms with Crippen LogP contribution in [0.2, 0.25) is 5.02 Å². The van der Waals surface area contributed by atoms with Crippen LogP contribution in [0.4, 0.5) is 17.1 Å². The lowest BCUT2D eigenvalue weighted by atomic mass is 10.0. The lowest BCUT2D eigenvalue weighted by Gasteiger charge is -2.11. The Labute approximate surface area is 207 Å². The molecule has 7 N–H and O–H groups in total. The van der Waals surface area contributed by atoms with Gasteiger partial charge in [0.2, 0.25) is 0 Å². The molecule has 0 aromatic heterocycles. The maximum atomic E-state index is 12.4. The number of phenols is 1. The first-order chi connectivity index (χ1) is 16.7. The van der Waals surface area contributed by atoms with E-state index < -0.39 is 5.91 Å². The van der Waals surface area contributed by atoms with Gasteiger partial charge in [0.15, 0.2) is 5.75 Å². The number of methoxy groups -OCH3 is 1. The molecule has 0 radical (unpaired) electrons. The Morgan fingerprint density at radius 1 is 0.943 bits per heavy atom. The van der Waals surface area contributed by atoms with Crippen LogP contribution in [-0.2, 0) is 0 Å². The summed E-state index contributed by atoms with van der Waals surface area (Å²) in [5.41, 5.74) is 13.4. The van der Waals surface area contributed by atoms with E-state index in [1.54, 1.807) is 61.6 Å². The number of anilines is 3. The molecule has 9 heteroatoms. The highest BCUT2D eigenvalue weighted by Crippen LogP contribution is 2.34. The highest BCUT2D eigenvalue weighted by atomic mass is 35.5. The number of halogens is 1. The van der Waals surface area contributed by atoms with E-state index in [1.807, 2.05) is 18.2 Å². The number of nitrogen functional groups attached to an aromatic ring is 2. The normalized spacial score (nSPS) is 10.1. The Hall–Kier alpha value is -4.43.